The number of fused-ring (bicyclic) bond motifs is 2. The number of rotatable bonds is 5. The molecule has 0 bridgehead atoms. The Bertz CT molecular complexity index is 552. The maximum atomic E-state index is 10.3. The van der Waals surface area contributed by atoms with E-state index >= 15 is 0 Å². The summed E-state index contributed by atoms with van der Waals surface area (Å²) in [5.41, 5.74) is 0. The molecule has 3 aliphatic heterocycles. The van der Waals surface area contributed by atoms with Crippen molar-refractivity contribution in [3.05, 3.63) is 0 Å². The number of methoxy groups -OCH3 is 2. The highest BCUT2D eigenvalue weighted by Crippen LogP contribution is 2.40. The highest BCUT2D eigenvalue weighted by molar-refractivity contribution is 4.99. The van der Waals surface area contributed by atoms with Crippen LogP contribution < -0.4 is 5.32 Å². The standard InChI is InChI=1S/C19H33NO9/c1-25-16-8-3-4-10(17(26-2)12(8)20-18-9(16)5-6-27-18)28-19-15(24)14(23)13(22)11(7-21)29-19/h8-24H,3-7H2,1-2H3/p+1/t8?,9?,10?,11-,12?,13+,14+,15+,16?,17?,18?,19+/m0/s1. The van der Waals surface area contributed by atoms with E-state index in [1.165, 1.54) is 0 Å². The van der Waals surface area contributed by atoms with Crippen LogP contribution in [0.2, 0.25) is 0 Å². The van der Waals surface area contributed by atoms with Crippen LogP contribution in [0.3, 0.4) is 0 Å². The lowest BCUT2D eigenvalue weighted by Crippen LogP contribution is -3.03. The Balaban J connectivity index is 1.48. The molecule has 10 nitrogen and oxygen atoms in total. The predicted molar refractivity (Wildman–Crippen MR) is 96.5 cm³/mol. The number of aliphatic hydroxyl groups excluding tert-OH is 4. The second-order valence-electron chi connectivity index (χ2n) is 8.57. The van der Waals surface area contributed by atoms with Crippen LogP contribution in [0.1, 0.15) is 19.3 Å². The van der Waals surface area contributed by atoms with Gasteiger partial charge in [-0.2, -0.15) is 0 Å². The molecular formula is C19H34NO9+. The molecule has 4 aliphatic rings. The smallest absolute Gasteiger partial charge is 0.195 e. The van der Waals surface area contributed by atoms with E-state index in [1.807, 2.05) is 0 Å². The van der Waals surface area contributed by atoms with Gasteiger partial charge in [-0.25, -0.2) is 0 Å². The zero-order chi connectivity index (χ0) is 20.7. The Morgan fingerprint density at radius 3 is 2.38 bits per heavy atom. The minimum atomic E-state index is -1.46. The topological polar surface area (TPSA) is 144 Å². The van der Waals surface area contributed by atoms with Crippen LogP contribution in [-0.4, -0.2) is 109 Å². The number of piperidine rings is 1. The van der Waals surface area contributed by atoms with Crippen molar-refractivity contribution in [1.29, 1.82) is 0 Å². The molecule has 1 aliphatic carbocycles. The van der Waals surface area contributed by atoms with Crippen molar-refractivity contribution in [3.8, 4) is 0 Å². The minimum absolute atomic E-state index is 0.0323. The van der Waals surface area contributed by atoms with Crippen LogP contribution in [-0.2, 0) is 23.7 Å². The normalized spacial score (nSPS) is 52.8. The van der Waals surface area contributed by atoms with Gasteiger partial charge in [0, 0.05) is 20.1 Å². The van der Waals surface area contributed by atoms with Gasteiger partial charge in [0.2, 0.25) is 0 Å². The number of ether oxygens (including phenoxy) is 5. The van der Waals surface area contributed by atoms with Gasteiger partial charge in [0.15, 0.2) is 12.5 Å². The zero-order valence-corrected chi connectivity index (χ0v) is 16.9. The van der Waals surface area contributed by atoms with Crippen molar-refractivity contribution in [1.82, 2.24) is 0 Å². The summed E-state index contributed by atoms with van der Waals surface area (Å²) >= 11 is 0. The van der Waals surface area contributed by atoms with E-state index in [0.717, 1.165) is 19.4 Å². The van der Waals surface area contributed by atoms with Gasteiger partial charge in [-0.3, -0.25) is 0 Å². The highest BCUT2D eigenvalue weighted by Gasteiger charge is 2.57. The summed E-state index contributed by atoms with van der Waals surface area (Å²) in [6.45, 7) is 0.241. The van der Waals surface area contributed by atoms with Crippen molar-refractivity contribution in [2.45, 2.75) is 80.5 Å². The van der Waals surface area contributed by atoms with Crippen LogP contribution in [0.25, 0.3) is 0 Å². The quantitative estimate of drug-likeness (QED) is 0.313. The van der Waals surface area contributed by atoms with Crippen LogP contribution >= 0.6 is 0 Å². The number of nitrogens with two attached hydrogens (primary N) is 1. The predicted octanol–water partition coefficient (Wildman–Crippen LogP) is -3.08. The molecule has 4 fully saturated rings. The Morgan fingerprint density at radius 1 is 0.931 bits per heavy atom. The van der Waals surface area contributed by atoms with Gasteiger partial charge in [-0.15, -0.1) is 0 Å². The fourth-order valence-corrected chi connectivity index (χ4v) is 5.71. The lowest BCUT2D eigenvalue weighted by molar-refractivity contribution is -0.783. The van der Waals surface area contributed by atoms with Gasteiger partial charge >= 0.3 is 0 Å². The van der Waals surface area contributed by atoms with Gasteiger partial charge in [0.1, 0.15) is 36.6 Å². The SMILES string of the molecule is COC1C2CCOC2[NH2+]C2C1CCC(O[C@@H]1O[C@@H](CO)[C@@H](O)[C@@H](O)[C@H]1O)C2OC. The van der Waals surface area contributed by atoms with E-state index in [2.05, 4.69) is 5.32 Å². The highest BCUT2D eigenvalue weighted by atomic mass is 16.7. The number of hydrogen-bond acceptors (Lipinski definition) is 9. The third-order valence-corrected chi connectivity index (χ3v) is 7.17. The third-order valence-electron chi connectivity index (χ3n) is 7.17. The molecule has 12 atom stereocenters. The summed E-state index contributed by atoms with van der Waals surface area (Å²) in [7, 11) is 3.38. The van der Waals surface area contributed by atoms with Crippen LogP contribution in [0.4, 0.5) is 0 Å². The van der Waals surface area contributed by atoms with Crippen LogP contribution in [0.5, 0.6) is 0 Å². The number of quaternary nitrogens is 1. The molecule has 0 spiro atoms. The molecule has 0 aromatic rings. The molecule has 0 radical (unpaired) electrons. The largest absolute Gasteiger partial charge is 0.394 e. The van der Waals surface area contributed by atoms with E-state index in [4.69, 9.17) is 23.7 Å². The van der Waals surface area contributed by atoms with Crippen LogP contribution in [0, 0.1) is 11.8 Å². The minimum Gasteiger partial charge on any atom is -0.394 e. The second kappa shape index (κ2) is 8.99. The van der Waals surface area contributed by atoms with Gasteiger partial charge in [0.05, 0.1) is 31.3 Å². The van der Waals surface area contributed by atoms with Gasteiger partial charge < -0.3 is 49.4 Å². The van der Waals surface area contributed by atoms with Crippen molar-refractivity contribution >= 4 is 0 Å². The maximum absolute atomic E-state index is 10.3. The number of aliphatic hydroxyl groups is 4. The van der Waals surface area contributed by atoms with Crippen LogP contribution in [0.15, 0.2) is 0 Å². The molecule has 1 saturated carbocycles. The second-order valence-corrected chi connectivity index (χ2v) is 8.57. The Kier molecular flexibility index (Phi) is 6.77. The third kappa shape index (κ3) is 3.84. The van der Waals surface area contributed by atoms with E-state index in [9.17, 15) is 20.4 Å². The molecule has 4 rings (SSSR count). The molecule has 168 valence electrons. The monoisotopic (exact) mass is 420 g/mol. The van der Waals surface area contributed by atoms with Crippen molar-refractivity contribution in [2.24, 2.45) is 11.8 Å². The fourth-order valence-electron chi connectivity index (χ4n) is 5.71. The Hall–Kier alpha value is -0.400. The molecule has 0 aromatic carbocycles. The molecule has 3 heterocycles. The maximum Gasteiger partial charge on any atom is 0.195 e. The fraction of sp³-hybridized carbons (Fsp3) is 1.00. The van der Waals surface area contributed by atoms with Crippen molar-refractivity contribution < 1.29 is 49.4 Å². The molecular weight excluding hydrogens is 386 g/mol. The summed E-state index contributed by atoms with van der Waals surface area (Å²) < 4.78 is 29.2. The average Bonchev–Trinajstić information content (AvgIpc) is 3.20. The summed E-state index contributed by atoms with van der Waals surface area (Å²) in [6, 6.07) is 0.0629. The summed E-state index contributed by atoms with van der Waals surface area (Å²) in [6.07, 6.45) is -4.45. The molecule has 10 heteroatoms. The van der Waals surface area contributed by atoms with E-state index in [1.54, 1.807) is 14.2 Å². The van der Waals surface area contributed by atoms with Crippen molar-refractivity contribution in [3.63, 3.8) is 0 Å². The summed E-state index contributed by atoms with van der Waals surface area (Å²) in [5, 5.41) is 41.9. The Labute approximate surface area is 170 Å². The first kappa shape index (κ1) is 21.8. The van der Waals surface area contributed by atoms with Gasteiger partial charge in [0.25, 0.3) is 0 Å². The average molecular weight is 420 g/mol. The molecule has 6 N–H and O–H groups in total. The Morgan fingerprint density at radius 2 is 1.69 bits per heavy atom. The molecule has 29 heavy (non-hydrogen) atoms. The van der Waals surface area contributed by atoms with E-state index < -0.39 is 37.3 Å². The first-order chi connectivity index (χ1) is 14.0. The lowest BCUT2D eigenvalue weighted by Gasteiger charge is -2.49. The van der Waals surface area contributed by atoms with E-state index in [-0.39, 0.29) is 30.6 Å². The number of hydrogen-bond donors (Lipinski definition) is 5. The molecule has 7 unspecified atom stereocenters. The summed E-state index contributed by atoms with van der Waals surface area (Å²) in [4.78, 5) is 0. The summed E-state index contributed by atoms with van der Waals surface area (Å²) in [5.74, 6) is 0.657. The molecule has 0 aromatic heterocycles. The van der Waals surface area contributed by atoms with E-state index in [0.29, 0.717) is 18.3 Å². The molecule has 0 amide bonds. The first-order valence-electron chi connectivity index (χ1n) is 10.5. The molecule has 3 saturated heterocycles. The van der Waals surface area contributed by atoms with Crippen molar-refractivity contribution in [2.75, 3.05) is 27.4 Å². The first-order valence-corrected chi connectivity index (χ1v) is 10.5. The van der Waals surface area contributed by atoms with Gasteiger partial charge in [-0.05, 0) is 19.3 Å². The van der Waals surface area contributed by atoms with Gasteiger partial charge in [-0.1, -0.05) is 0 Å². The zero-order valence-electron chi connectivity index (χ0n) is 16.9. The lowest BCUT2D eigenvalue weighted by atomic mass is 9.70.